The van der Waals surface area contributed by atoms with Crippen molar-refractivity contribution in [3.05, 3.63) is 41.5 Å². The summed E-state index contributed by atoms with van der Waals surface area (Å²) in [6.07, 6.45) is 2.13. The van der Waals surface area contributed by atoms with Crippen LogP contribution in [0.1, 0.15) is 23.6 Å². The lowest BCUT2D eigenvalue weighted by Crippen LogP contribution is -1.87. The van der Waals surface area contributed by atoms with Gasteiger partial charge >= 0.3 is 0 Å². The monoisotopic (exact) mass is 192 g/mol. The summed E-state index contributed by atoms with van der Waals surface area (Å²) in [5.41, 5.74) is 5.16. The van der Waals surface area contributed by atoms with Gasteiger partial charge in [-0.2, -0.15) is 11.8 Å². The maximum Gasteiger partial charge on any atom is 0.0181 e. The molecule has 0 unspecified atom stereocenters. The Hall–Kier alpha value is -0.690. The van der Waals surface area contributed by atoms with Gasteiger partial charge in [0.2, 0.25) is 0 Å². The summed E-state index contributed by atoms with van der Waals surface area (Å²) in [4.78, 5) is 0. The van der Waals surface area contributed by atoms with E-state index in [2.05, 4.69) is 44.9 Å². The van der Waals surface area contributed by atoms with E-state index in [0.29, 0.717) is 0 Å². The number of hydrogen-bond donors (Lipinski definition) is 0. The molecule has 0 N–H and O–H groups in total. The molecule has 0 bridgehead atoms. The molecule has 1 rings (SSSR count). The largest absolute Gasteiger partial charge is 0.161 e. The van der Waals surface area contributed by atoms with Crippen LogP contribution in [0.25, 0.3) is 5.57 Å². The highest BCUT2D eigenvalue weighted by Gasteiger charge is 1.99. The molecule has 0 saturated heterocycles. The second-order valence-corrected chi connectivity index (χ2v) is 4.23. The lowest BCUT2D eigenvalue weighted by Gasteiger charge is -2.07. The first-order chi connectivity index (χ1) is 6.15. The Bertz CT molecular complexity index is 313. The van der Waals surface area contributed by atoms with E-state index in [-0.39, 0.29) is 0 Å². The Morgan fingerprint density at radius 1 is 1.46 bits per heavy atom. The van der Waals surface area contributed by atoms with Gasteiger partial charge in [0.15, 0.2) is 0 Å². The zero-order valence-electron chi connectivity index (χ0n) is 8.55. The lowest BCUT2D eigenvalue weighted by atomic mass is 10.0. The maximum atomic E-state index is 3.96. The van der Waals surface area contributed by atoms with Crippen molar-refractivity contribution in [3.8, 4) is 0 Å². The van der Waals surface area contributed by atoms with Crippen molar-refractivity contribution in [1.82, 2.24) is 0 Å². The quantitative estimate of drug-likeness (QED) is 0.700. The molecule has 0 heterocycles. The maximum absolute atomic E-state index is 3.96. The first-order valence-corrected chi connectivity index (χ1v) is 5.79. The summed E-state index contributed by atoms with van der Waals surface area (Å²) in [6.45, 7) is 8.16. The third-order valence-electron chi connectivity index (χ3n) is 2.06. The molecule has 0 fully saturated rings. The molecule has 1 aromatic carbocycles. The Kier molecular flexibility index (Phi) is 3.61. The Morgan fingerprint density at radius 2 is 2.15 bits per heavy atom. The number of thioether (sulfide) groups is 1. The van der Waals surface area contributed by atoms with Crippen molar-refractivity contribution < 1.29 is 0 Å². The van der Waals surface area contributed by atoms with Gasteiger partial charge in [-0.3, -0.25) is 0 Å². The number of aryl methyl sites for hydroxylation is 1. The molecule has 0 aliphatic carbocycles. The van der Waals surface area contributed by atoms with E-state index < -0.39 is 0 Å². The Labute approximate surface area is 85.1 Å². The minimum Gasteiger partial charge on any atom is -0.161 e. The van der Waals surface area contributed by atoms with Crippen LogP contribution in [0.15, 0.2) is 24.8 Å². The van der Waals surface area contributed by atoms with Gasteiger partial charge in [0.1, 0.15) is 0 Å². The summed E-state index contributed by atoms with van der Waals surface area (Å²) >= 11 is 1.86. The van der Waals surface area contributed by atoms with Gasteiger partial charge in [-0.1, -0.05) is 30.4 Å². The topological polar surface area (TPSA) is 0 Å². The predicted octanol–water partition coefficient (Wildman–Crippen LogP) is 3.89. The predicted molar refractivity (Wildman–Crippen MR) is 63.1 cm³/mol. The minimum atomic E-state index is 1.09. The van der Waals surface area contributed by atoms with Gasteiger partial charge in [0, 0.05) is 5.75 Å². The van der Waals surface area contributed by atoms with Crippen LogP contribution in [0.3, 0.4) is 0 Å². The molecule has 0 aliphatic heterocycles. The number of benzene rings is 1. The van der Waals surface area contributed by atoms with Crippen LogP contribution in [0.4, 0.5) is 0 Å². The average molecular weight is 192 g/mol. The Balaban J connectivity index is 2.98. The second-order valence-electron chi connectivity index (χ2n) is 3.36. The van der Waals surface area contributed by atoms with Crippen LogP contribution in [-0.4, -0.2) is 6.26 Å². The second kappa shape index (κ2) is 4.52. The summed E-state index contributed by atoms with van der Waals surface area (Å²) in [7, 11) is 0. The van der Waals surface area contributed by atoms with Crippen LogP contribution < -0.4 is 0 Å². The zero-order chi connectivity index (χ0) is 9.84. The standard InChI is InChI=1S/C12H16S/c1-9(2)12-6-5-11(8-13-4)7-10(12)3/h5-7H,1,8H2,2-4H3. The molecule has 70 valence electrons. The SMILES string of the molecule is C=C(C)c1ccc(CSC)cc1C. The fraction of sp³-hybridized carbons (Fsp3) is 0.333. The van der Waals surface area contributed by atoms with Crippen LogP contribution >= 0.6 is 11.8 Å². The molecule has 0 aliphatic rings. The van der Waals surface area contributed by atoms with Gasteiger partial charge in [-0.25, -0.2) is 0 Å². The van der Waals surface area contributed by atoms with Crippen molar-refractivity contribution in [2.45, 2.75) is 19.6 Å². The summed E-state index contributed by atoms with van der Waals surface area (Å²) in [6, 6.07) is 6.61. The van der Waals surface area contributed by atoms with Gasteiger partial charge in [0.05, 0.1) is 0 Å². The highest BCUT2D eigenvalue weighted by molar-refractivity contribution is 7.97. The van der Waals surface area contributed by atoms with Crippen molar-refractivity contribution >= 4 is 17.3 Å². The van der Waals surface area contributed by atoms with Crippen molar-refractivity contribution in [1.29, 1.82) is 0 Å². The fourth-order valence-corrected chi connectivity index (χ4v) is 1.97. The molecule has 0 nitrogen and oxygen atoms in total. The molecule has 0 atom stereocenters. The summed E-state index contributed by atoms with van der Waals surface area (Å²) < 4.78 is 0. The third-order valence-corrected chi connectivity index (χ3v) is 2.68. The Morgan fingerprint density at radius 3 is 2.62 bits per heavy atom. The molecule has 0 amide bonds. The highest BCUT2D eigenvalue weighted by Crippen LogP contribution is 2.19. The molecule has 1 aromatic rings. The molecular formula is C12H16S. The van der Waals surface area contributed by atoms with Gasteiger partial charge in [-0.15, -0.1) is 0 Å². The highest BCUT2D eigenvalue weighted by atomic mass is 32.2. The van der Waals surface area contributed by atoms with E-state index in [1.54, 1.807) is 0 Å². The molecule has 0 aromatic heterocycles. The third kappa shape index (κ3) is 2.63. The molecule has 0 radical (unpaired) electrons. The van der Waals surface area contributed by atoms with E-state index in [1.165, 1.54) is 16.7 Å². The number of hydrogen-bond acceptors (Lipinski definition) is 1. The molecule has 0 saturated carbocycles. The first-order valence-electron chi connectivity index (χ1n) is 4.39. The van der Waals surface area contributed by atoms with E-state index in [0.717, 1.165) is 11.3 Å². The van der Waals surface area contributed by atoms with Crippen molar-refractivity contribution in [3.63, 3.8) is 0 Å². The fourth-order valence-electron chi connectivity index (χ4n) is 1.46. The molecular weight excluding hydrogens is 176 g/mol. The van der Waals surface area contributed by atoms with Crippen LogP contribution in [-0.2, 0) is 5.75 Å². The minimum absolute atomic E-state index is 1.09. The zero-order valence-corrected chi connectivity index (χ0v) is 9.37. The normalized spacial score (nSPS) is 10.1. The van der Waals surface area contributed by atoms with Crippen molar-refractivity contribution in [2.24, 2.45) is 0 Å². The van der Waals surface area contributed by atoms with Gasteiger partial charge < -0.3 is 0 Å². The smallest absolute Gasteiger partial charge is 0.0181 e. The van der Waals surface area contributed by atoms with Crippen LogP contribution in [0.2, 0.25) is 0 Å². The van der Waals surface area contributed by atoms with Gasteiger partial charge in [0.25, 0.3) is 0 Å². The van der Waals surface area contributed by atoms with Crippen LogP contribution in [0.5, 0.6) is 0 Å². The molecule has 0 spiro atoms. The van der Waals surface area contributed by atoms with Crippen LogP contribution in [0, 0.1) is 6.92 Å². The van der Waals surface area contributed by atoms with E-state index in [1.807, 2.05) is 11.8 Å². The number of allylic oxidation sites excluding steroid dienone is 1. The van der Waals surface area contributed by atoms with Gasteiger partial charge in [-0.05, 0) is 36.8 Å². The van der Waals surface area contributed by atoms with E-state index in [9.17, 15) is 0 Å². The lowest BCUT2D eigenvalue weighted by molar-refractivity contribution is 1.33. The van der Waals surface area contributed by atoms with Crippen molar-refractivity contribution in [2.75, 3.05) is 6.26 Å². The first kappa shape index (κ1) is 10.4. The average Bonchev–Trinajstić information content (AvgIpc) is 2.04. The molecule has 1 heteroatoms. The molecule has 13 heavy (non-hydrogen) atoms. The van der Waals surface area contributed by atoms with E-state index in [4.69, 9.17) is 0 Å². The summed E-state index contributed by atoms with van der Waals surface area (Å²) in [5.74, 6) is 1.09. The summed E-state index contributed by atoms with van der Waals surface area (Å²) in [5, 5.41) is 0. The number of rotatable bonds is 3. The van der Waals surface area contributed by atoms with E-state index >= 15 is 0 Å².